The summed E-state index contributed by atoms with van der Waals surface area (Å²) in [5.74, 6) is 0.949. The molecule has 1 atom stereocenters. The van der Waals surface area contributed by atoms with Crippen molar-refractivity contribution in [3.05, 3.63) is 0 Å². The van der Waals surface area contributed by atoms with Crippen molar-refractivity contribution in [1.82, 2.24) is 4.72 Å². The van der Waals surface area contributed by atoms with Crippen molar-refractivity contribution in [2.45, 2.75) is 37.5 Å². The molecule has 0 saturated heterocycles. The summed E-state index contributed by atoms with van der Waals surface area (Å²) in [7, 11) is 0. The van der Waals surface area contributed by atoms with E-state index in [-0.39, 0.29) is 10.8 Å². The molecule has 0 aromatic heterocycles. The summed E-state index contributed by atoms with van der Waals surface area (Å²) in [6, 6.07) is 0. The van der Waals surface area contributed by atoms with Crippen LogP contribution in [0.15, 0.2) is 4.99 Å². The Balaban J connectivity index is 1.98. The summed E-state index contributed by atoms with van der Waals surface area (Å²) in [6.07, 6.45) is 6.71. The van der Waals surface area contributed by atoms with Crippen LogP contribution in [0.2, 0.25) is 0 Å². The van der Waals surface area contributed by atoms with Gasteiger partial charge in [-0.05, 0) is 36.7 Å². The minimum absolute atomic E-state index is 0.240. The van der Waals surface area contributed by atoms with E-state index in [1.165, 1.54) is 37.6 Å². The van der Waals surface area contributed by atoms with Crippen molar-refractivity contribution in [3.63, 3.8) is 0 Å². The van der Waals surface area contributed by atoms with E-state index in [9.17, 15) is 4.79 Å². The third-order valence-electron chi connectivity index (χ3n) is 3.34. The first-order valence-corrected chi connectivity index (χ1v) is 6.30. The Labute approximate surface area is 94.2 Å². The Morgan fingerprint density at radius 3 is 2.87 bits per heavy atom. The average Bonchev–Trinajstić information content (AvgIpc) is 2.88. The van der Waals surface area contributed by atoms with Crippen LogP contribution in [0.25, 0.3) is 0 Å². The summed E-state index contributed by atoms with van der Waals surface area (Å²) in [4.78, 5) is 14.9. The number of rotatable bonds is 4. The zero-order valence-electron chi connectivity index (χ0n) is 8.74. The number of aliphatic imine (C=N–C) groups is 1. The zero-order valence-corrected chi connectivity index (χ0v) is 9.55. The molecule has 1 fully saturated rings. The van der Waals surface area contributed by atoms with Gasteiger partial charge in [-0.2, -0.15) is 0 Å². The molecule has 1 aliphatic carbocycles. The number of carbonyl (C=O) groups is 1. The molecule has 0 bridgehead atoms. The topological polar surface area (TPSA) is 67.5 Å². The molecule has 4 nitrogen and oxygen atoms in total. The van der Waals surface area contributed by atoms with Crippen molar-refractivity contribution < 1.29 is 4.79 Å². The van der Waals surface area contributed by atoms with Gasteiger partial charge in [0, 0.05) is 6.42 Å². The van der Waals surface area contributed by atoms with Gasteiger partial charge in [0.15, 0.2) is 11.7 Å². The molecule has 2 aliphatic rings. The Hall–Kier alpha value is -0.550. The van der Waals surface area contributed by atoms with Crippen LogP contribution >= 0.6 is 11.9 Å². The van der Waals surface area contributed by atoms with E-state index in [1.807, 2.05) is 0 Å². The molecule has 0 spiro atoms. The highest BCUT2D eigenvalue weighted by molar-refractivity contribution is 7.99. The van der Waals surface area contributed by atoms with Gasteiger partial charge in [0.25, 0.3) is 0 Å². The average molecular weight is 227 g/mol. The molecule has 1 saturated carbocycles. The standard InChI is InChI=1S/C10H17N3OS/c11-7-10(3-1-2-4-10)5-8-12-9(6-14)15-13-8/h6,9H,1-5,7,11H2,(H,12,13). The molecular formula is C10H17N3OS. The van der Waals surface area contributed by atoms with E-state index in [4.69, 9.17) is 5.73 Å². The molecule has 1 heterocycles. The van der Waals surface area contributed by atoms with Crippen LogP contribution in [0.3, 0.4) is 0 Å². The number of nitrogens with zero attached hydrogens (tertiary/aromatic N) is 1. The predicted octanol–water partition coefficient (Wildman–Crippen LogP) is 1.07. The number of nitrogens with two attached hydrogens (primary N) is 1. The second-order valence-electron chi connectivity index (χ2n) is 4.41. The summed E-state index contributed by atoms with van der Waals surface area (Å²) in [6.45, 7) is 0.726. The fourth-order valence-corrected chi connectivity index (χ4v) is 3.03. The van der Waals surface area contributed by atoms with Crippen LogP contribution in [-0.2, 0) is 4.79 Å². The highest BCUT2D eigenvalue weighted by atomic mass is 32.2. The molecule has 3 N–H and O–H groups in total. The van der Waals surface area contributed by atoms with E-state index < -0.39 is 0 Å². The van der Waals surface area contributed by atoms with Crippen molar-refractivity contribution in [2.24, 2.45) is 16.1 Å². The number of carbonyl (C=O) groups excluding carboxylic acids is 1. The number of hydrogen-bond donors (Lipinski definition) is 2. The summed E-state index contributed by atoms with van der Waals surface area (Å²) in [5.41, 5.74) is 6.10. The molecule has 0 aromatic rings. The fraction of sp³-hybridized carbons (Fsp3) is 0.800. The lowest BCUT2D eigenvalue weighted by Crippen LogP contribution is -2.32. The van der Waals surface area contributed by atoms with Crippen LogP contribution in [0, 0.1) is 5.41 Å². The first-order valence-electron chi connectivity index (χ1n) is 5.42. The molecular weight excluding hydrogens is 210 g/mol. The van der Waals surface area contributed by atoms with E-state index in [0.717, 1.165) is 25.1 Å². The van der Waals surface area contributed by atoms with Crippen LogP contribution in [-0.4, -0.2) is 24.0 Å². The first kappa shape index (κ1) is 11.0. The Kier molecular flexibility index (Phi) is 3.31. The molecule has 84 valence electrons. The van der Waals surface area contributed by atoms with E-state index in [2.05, 4.69) is 9.71 Å². The molecule has 0 amide bonds. The van der Waals surface area contributed by atoms with Gasteiger partial charge >= 0.3 is 0 Å². The van der Waals surface area contributed by atoms with Gasteiger partial charge in [-0.25, -0.2) is 4.99 Å². The minimum atomic E-state index is -0.253. The second-order valence-corrected chi connectivity index (χ2v) is 5.33. The third-order valence-corrected chi connectivity index (χ3v) is 4.15. The number of nitrogens with one attached hydrogen (secondary N) is 1. The lowest BCUT2D eigenvalue weighted by molar-refractivity contribution is -0.107. The Bertz CT molecular complexity index is 274. The number of amidine groups is 1. The van der Waals surface area contributed by atoms with Crippen LogP contribution in [0.4, 0.5) is 0 Å². The summed E-state index contributed by atoms with van der Waals surface area (Å²) in [5, 5.41) is -0.253. The molecule has 2 rings (SSSR count). The molecule has 1 unspecified atom stereocenters. The maximum absolute atomic E-state index is 10.5. The van der Waals surface area contributed by atoms with Crippen LogP contribution < -0.4 is 10.5 Å². The van der Waals surface area contributed by atoms with Gasteiger partial charge in [-0.15, -0.1) is 0 Å². The summed E-state index contributed by atoms with van der Waals surface area (Å²) >= 11 is 1.38. The van der Waals surface area contributed by atoms with Crippen molar-refractivity contribution in [1.29, 1.82) is 0 Å². The van der Waals surface area contributed by atoms with E-state index >= 15 is 0 Å². The lowest BCUT2D eigenvalue weighted by Gasteiger charge is -2.26. The van der Waals surface area contributed by atoms with E-state index in [1.54, 1.807) is 0 Å². The van der Waals surface area contributed by atoms with E-state index in [0.29, 0.717) is 0 Å². The lowest BCUT2D eigenvalue weighted by atomic mass is 9.82. The second kappa shape index (κ2) is 4.53. The molecule has 15 heavy (non-hydrogen) atoms. The molecule has 5 heteroatoms. The zero-order chi connectivity index (χ0) is 10.7. The van der Waals surface area contributed by atoms with Crippen molar-refractivity contribution in [2.75, 3.05) is 6.54 Å². The smallest absolute Gasteiger partial charge is 0.171 e. The highest BCUT2D eigenvalue weighted by Gasteiger charge is 2.35. The quantitative estimate of drug-likeness (QED) is 0.557. The van der Waals surface area contributed by atoms with Crippen molar-refractivity contribution in [3.8, 4) is 0 Å². The first-order chi connectivity index (χ1) is 7.28. The molecule has 1 aliphatic heterocycles. The third kappa shape index (κ3) is 2.34. The largest absolute Gasteiger partial charge is 0.330 e. The van der Waals surface area contributed by atoms with Gasteiger partial charge in [0.2, 0.25) is 0 Å². The van der Waals surface area contributed by atoms with Crippen LogP contribution in [0.1, 0.15) is 32.1 Å². The number of aldehydes is 1. The maximum Gasteiger partial charge on any atom is 0.171 e. The van der Waals surface area contributed by atoms with Gasteiger partial charge in [-0.3, -0.25) is 4.79 Å². The highest BCUT2D eigenvalue weighted by Crippen LogP contribution is 2.40. The van der Waals surface area contributed by atoms with Crippen molar-refractivity contribution >= 4 is 24.1 Å². The van der Waals surface area contributed by atoms with Gasteiger partial charge in [0.05, 0.1) is 0 Å². The normalized spacial score (nSPS) is 28.6. The van der Waals surface area contributed by atoms with Crippen LogP contribution in [0.5, 0.6) is 0 Å². The monoisotopic (exact) mass is 227 g/mol. The fourth-order valence-electron chi connectivity index (χ4n) is 2.41. The SMILES string of the molecule is NCC1(CC2=NC(C=O)SN2)CCCC1. The Morgan fingerprint density at radius 1 is 1.60 bits per heavy atom. The maximum atomic E-state index is 10.5. The predicted molar refractivity (Wildman–Crippen MR) is 62.6 cm³/mol. The molecule has 0 radical (unpaired) electrons. The molecule has 0 aromatic carbocycles. The Morgan fingerprint density at radius 2 is 2.33 bits per heavy atom. The van der Waals surface area contributed by atoms with Gasteiger partial charge < -0.3 is 10.5 Å². The van der Waals surface area contributed by atoms with Gasteiger partial charge in [0.1, 0.15) is 5.84 Å². The van der Waals surface area contributed by atoms with Gasteiger partial charge in [-0.1, -0.05) is 12.8 Å². The number of hydrogen-bond acceptors (Lipinski definition) is 5. The summed E-state index contributed by atoms with van der Waals surface area (Å²) < 4.78 is 3.12. The minimum Gasteiger partial charge on any atom is -0.330 e.